The minimum Gasteiger partial charge on any atom is -0.373 e. The number of epoxide rings is 1. The topological polar surface area (TPSA) is 12.5 Å². The van der Waals surface area contributed by atoms with E-state index < -0.39 is 0 Å². The van der Waals surface area contributed by atoms with Gasteiger partial charge >= 0.3 is 0 Å². The Kier molecular flexibility index (Phi) is 2.30. The van der Waals surface area contributed by atoms with Gasteiger partial charge in [-0.15, -0.1) is 11.3 Å². The average Bonchev–Trinajstić information content (AvgIpc) is 2.72. The summed E-state index contributed by atoms with van der Waals surface area (Å²) in [6.07, 6.45) is 2.92. The lowest BCUT2D eigenvalue weighted by Gasteiger charge is -1.90. The molecular formula is C8H9BrOS. The van der Waals surface area contributed by atoms with E-state index in [9.17, 15) is 0 Å². The zero-order valence-corrected chi connectivity index (χ0v) is 8.45. The summed E-state index contributed by atoms with van der Waals surface area (Å²) in [4.78, 5) is 1.45. The molecular weight excluding hydrogens is 224 g/mol. The summed E-state index contributed by atoms with van der Waals surface area (Å²) in [5.74, 6) is 0. The molecule has 0 N–H and O–H groups in total. The van der Waals surface area contributed by atoms with Gasteiger partial charge in [0.15, 0.2) is 0 Å². The number of aryl methyl sites for hydroxylation is 1. The highest BCUT2D eigenvalue weighted by atomic mass is 79.9. The highest BCUT2D eigenvalue weighted by Crippen LogP contribution is 2.25. The van der Waals surface area contributed by atoms with Crippen molar-refractivity contribution < 1.29 is 4.74 Å². The molecule has 11 heavy (non-hydrogen) atoms. The molecule has 0 amide bonds. The maximum atomic E-state index is 5.13. The minimum atomic E-state index is 0.566. The standard InChI is InChI=1S/C8H9BrOS/c9-8-4-3-7(11-8)2-1-6-5-10-6/h3-4,6H,1-2,5H2. The van der Waals surface area contributed by atoms with E-state index in [1.165, 1.54) is 21.5 Å². The van der Waals surface area contributed by atoms with Crippen LogP contribution in [-0.4, -0.2) is 12.7 Å². The van der Waals surface area contributed by atoms with Crippen molar-refractivity contribution in [2.24, 2.45) is 0 Å². The minimum absolute atomic E-state index is 0.566. The summed E-state index contributed by atoms with van der Waals surface area (Å²) < 4.78 is 6.36. The van der Waals surface area contributed by atoms with Gasteiger partial charge in [-0.05, 0) is 40.9 Å². The van der Waals surface area contributed by atoms with Gasteiger partial charge in [0.2, 0.25) is 0 Å². The van der Waals surface area contributed by atoms with E-state index in [1.807, 2.05) is 11.3 Å². The van der Waals surface area contributed by atoms with Gasteiger partial charge in [-0.25, -0.2) is 0 Å². The zero-order chi connectivity index (χ0) is 7.68. The molecule has 2 heterocycles. The summed E-state index contributed by atoms with van der Waals surface area (Å²) in [5.41, 5.74) is 0. The molecule has 0 aliphatic carbocycles. The van der Waals surface area contributed by atoms with Gasteiger partial charge in [-0.2, -0.15) is 0 Å². The van der Waals surface area contributed by atoms with E-state index in [4.69, 9.17) is 4.74 Å². The van der Waals surface area contributed by atoms with E-state index >= 15 is 0 Å². The van der Waals surface area contributed by atoms with Crippen LogP contribution in [0.4, 0.5) is 0 Å². The van der Waals surface area contributed by atoms with Crippen LogP contribution in [0.5, 0.6) is 0 Å². The fourth-order valence-electron chi connectivity index (χ4n) is 1.02. The normalized spacial score (nSPS) is 22.1. The summed E-state index contributed by atoms with van der Waals surface area (Å²) in [5, 5.41) is 0. The molecule has 1 aromatic heterocycles. The number of hydrogen-bond donors (Lipinski definition) is 0. The Bertz CT molecular complexity index is 242. The van der Waals surface area contributed by atoms with Gasteiger partial charge in [0.05, 0.1) is 16.5 Å². The summed E-state index contributed by atoms with van der Waals surface area (Å²) in [6.45, 7) is 0.979. The van der Waals surface area contributed by atoms with Crippen molar-refractivity contribution >= 4 is 27.3 Å². The molecule has 0 saturated carbocycles. The Morgan fingerprint density at radius 1 is 1.64 bits per heavy atom. The summed E-state index contributed by atoms with van der Waals surface area (Å²) >= 11 is 5.26. The molecule has 1 nitrogen and oxygen atoms in total. The number of ether oxygens (including phenoxy) is 1. The van der Waals surface area contributed by atoms with Crippen molar-refractivity contribution in [2.45, 2.75) is 18.9 Å². The number of hydrogen-bond acceptors (Lipinski definition) is 2. The summed E-state index contributed by atoms with van der Waals surface area (Å²) in [7, 11) is 0. The first-order valence-corrected chi connectivity index (χ1v) is 5.31. The fourth-order valence-corrected chi connectivity index (χ4v) is 2.52. The number of halogens is 1. The summed E-state index contributed by atoms with van der Waals surface area (Å²) in [6, 6.07) is 4.28. The highest BCUT2D eigenvalue weighted by Gasteiger charge is 2.21. The lowest BCUT2D eigenvalue weighted by Crippen LogP contribution is -1.87. The van der Waals surface area contributed by atoms with Crippen LogP contribution in [0.25, 0.3) is 0 Å². The first-order valence-electron chi connectivity index (χ1n) is 3.70. The second-order valence-corrected chi connectivity index (χ2v) is 5.25. The van der Waals surface area contributed by atoms with E-state index in [-0.39, 0.29) is 0 Å². The molecule has 1 aliphatic heterocycles. The van der Waals surface area contributed by atoms with Gasteiger partial charge in [0.25, 0.3) is 0 Å². The third-order valence-electron chi connectivity index (χ3n) is 1.74. The van der Waals surface area contributed by atoms with Gasteiger partial charge in [-0.1, -0.05) is 0 Å². The quantitative estimate of drug-likeness (QED) is 0.731. The second-order valence-electron chi connectivity index (χ2n) is 2.70. The number of rotatable bonds is 3. The number of thiophene rings is 1. The molecule has 0 spiro atoms. The smallest absolute Gasteiger partial charge is 0.0813 e. The molecule has 60 valence electrons. The van der Waals surface area contributed by atoms with Crippen molar-refractivity contribution in [1.29, 1.82) is 0 Å². The van der Waals surface area contributed by atoms with Crippen molar-refractivity contribution in [3.8, 4) is 0 Å². The molecule has 2 rings (SSSR count). The van der Waals surface area contributed by atoms with Crippen molar-refractivity contribution in [3.63, 3.8) is 0 Å². The van der Waals surface area contributed by atoms with Crippen LogP contribution < -0.4 is 0 Å². The molecule has 0 radical (unpaired) electrons. The predicted molar refractivity (Wildman–Crippen MR) is 50.1 cm³/mol. The Balaban J connectivity index is 1.85. The van der Waals surface area contributed by atoms with Gasteiger partial charge in [-0.3, -0.25) is 0 Å². The third-order valence-corrected chi connectivity index (χ3v) is 3.43. The van der Waals surface area contributed by atoms with Gasteiger partial charge < -0.3 is 4.74 Å². The maximum Gasteiger partial charge on any atom is 0.0813 e. The SMILES string of the molecule is Brc1ccc(CCC2CO2)s1. The van der Waals surface area contributed by atoms with Gasteiger partial charge in [0.1, 0.15) is 0 Å². The molecule has 1 aliphatic rings. The van der Waals surface area contributed by atoms with E-state index in [1.54, 1.807) is 0 Å². The Labute approximate surface area is 78.5 Å². The molecule has 1 saturated heterocycles. The average molecular weight is 233 g/mol. The van der Waals surface area contributed by atoms with Crippen LogP contribution >= 0.6 is 27.3 Å². The Morgan fingerprint density at radius 3 is 3.00 bits per heavy atom. The molecule has 3 heteroatoms. The molecule has 1 atom stereocenters. The van der Waals surface area contributed by atoms with Crippen LogP contribution in [0.1, 0.15) is 11.3 Å². The first-order chi connectivity index (χ1) is 5.34. The zero-order valence-electron chi connectivity index (χ0n) is 6.05. The maximum absolute atomic E-state index is 5.13. The molecule has 0 bridgehead atoms. The van der Waals surface area contributed by atoms with Gasteiger partial charge in [0, 0.05) is 4.88 Å². The molecule has 0 aromatic carbocycles. The lowest BCUT2D eigenvalue weighted by molar-refractivity contribution is 0.397. The van der Waals surface area contributed by atoms with Crippen LogP contribution in [-0.2, 0) is 11.2 Å². The molecule has 1 unspecified atom stereocenters. The first kappa shape index (κ1) is 7.77. The fraction of sp³-hybridized carbons (Fsp3) is 0.500. The van der Waals surface area contributed by atoms with Crippen LogP contribution in [0, 0.1) is 0 Å². The van der Waals surface area contributed by atoms with E-state index in [0.29, 0.717) is 6.10 Å². The second kappa shape index (κ2) is 3.25. The van der Waals surface area contributed by atoms with Crippen molar-refractivity contribution in [3.05, 3.63) is 20.8 Å². The Morgan fingerprint density at radius 2 is 2.45 bits per heavy atom. The third kappa shape index (κ3) is 2.29. The molecule has 1 aromatic rings. The van der Waals surface area contributed by atoms with Crippen LogP contribution in [0.3, 0.4) is 0 Å². The van der Waals surface area contributed by atoms with E-state index in [2.05, 4.69) is 28.1 Å². The van der Waals surface area contributed by atoms with Crippen LogP contribution in [0.15, 0.2) is 15.9 Å². The van der Waals surface area contributed by atoms with Crippen molar-refractivity contribution in [1.82, 2.24) is 0 Å². The largest absolute Gasteiger partial charge is 0.373 e. The monoisotopic (exact) mass is 232 g/mol. The molecule has 1 fully saturated rings. The van der Waals surface area contributed by atoms with E-state index in [0.717, 1.165) is 6.61 Å². The van der Waals surface area contributed by atoms with Crippen molar-refractivity contribution in [2.75, 3.05) is 6.61 Å². The lowest BCUT2D eigenvalue weighted by atomic mass is 10.2. The highest BCUT2D eigenvalue weighted by molar-refractivity contribution is 9.11. The Hall–Kier alpha value is 0.140. The predicted octanol–water partition coefficient (Wildman–Crippen LogP) is 2.84. The van der Waals surface area contributed by atoms with Crippen LogP contribution in [0.2, 0.25) is 0 Å².